The lowest BCUT2D eigenvalue weighted by atomic mass is 10.2. The quantitative estimate of drug-likeness (QED) is 0.554. The number of ether oxygens (including phenoxy) is 2. The lowest BCUT2D eigenvalue weighted by molar-refractivity contribution is 0.102. The number of carbonyl (C=O) groups is 1. The van der Waals surface area contributed by atoms with Crippen molar-refractivity contribution in [2.45, 2.75) is 4.21 Å². The van der Waals surface area contributed by atoms with E-state index in [0.29, 0.717) is 33.5 Å². The maximum absolute atomic E-state index is 12.7. The molecule has 158 valence electrons. The van der Waals surface area contributed by atoms with Gasteiger partial charge in [-0.15, -0.1) is 11.3 Å². The second-order valence-corrected chi connectivity index (χ2v) is 9.64. The van der Waals surface area contributed by atoms with Crippen LogP contribution in [0.5, 0.6) is 11.5 Å². The molecule has 0 aliphatic rings. The van der Waals surface area contributed by atoms with Gasteiger partial charge in [-0.3, -0.25) is 9.10 Å². The van der Waals surface area contributed by atoms with Crippen LogP contribution >= 0.6 is 22.9 Å². The molecule has 0 radical (unpaired) electrons. The molecule has 3 aromatic rings. The van der Waals surface area contributed by atoms with Gasteiger partial charge in [0.05, 0.1) is 30.6 Å². The fourth-order valence-electron chi connectivity index (χ4n) is 2.66. The van der Waals surface area contributed by atoms with E-state index in [2.05, 4.69) is 5.32 Å². The highest BCUT2D eigenvalue weighted by molar-refractivity contribution is 7.94. The summed E-state index contributed by atoms with van der Waals surface area (Å²) in [5.74, 6) is 0.379. The van der Waals surface area contributed by atoms with E-state index in [9.17, 15) is 13.2 Å². The first kappa shape index (κ1) is 21.9. The Morgan fingerprint density at radius 3 is 2.30 bits per heavy atom. The molecule has 0 saturated carbocycles. The number of halogens is 1. The first-order valence-electron chi connectivity index (χ1n) is 8.63. The molecule has 0 aliphatic heterocycles. The molecule has 1 N–H and O–H groups in total. The number of rotatable bonds is 7. The van der Waals surface area contributed by atoms with Gasteiger partial charge in [0.15, 0.2) is 0 Å². The Hall–Kier alpha value is -2.75. The first-order chi connectivity index (χ1) is 14.3. The minimum Gasteiger partial charge on any atom is -0.495 e. The third kappa shape index (κ3) is 4.38. The van der Waals surface area contributed by atoms with Crippen molar-refractivity contribution in [3.05, 3.63) is 64.5 Å². The Morgan fingerprint density at radius 1 is 1.07 bits per heavy atom. The monoisotopic (exact) mass is 466 g/mol. The third-order valence-electron chi connectivity index (χ3n) is 4.33. The van der Waals surface area contributed by atoms with Gasteiger partial charge in [-0.05, 0) is 35.7 Å². The summed E-state index contributed by atoms with van der Waals surface area (Å²) in [5.41, 5.74) is 1.17. The van der Waals surface area contributed by atoms with Gasteiger partial charge in [0.2, 0.25) is 0 Å². The van der Waals surface area contributed by atoms with E-state index in [0.717, 1.165) is 11.3 Å². The van der Waals surface area contributed by atoms with Gasteiger partial charge in [-0.2, -0.15) is 0 Å². The highest BCUT2D eigenvalue weighted by Crippen LogP contribution is 2.36. The molecular weight excluding hydrogens is 448 g/mol. The minimum atomic E-state index is -3.64. The SMILES string of the molecule is COc1cc(NC(=O)c2ccc(N(C)S(=O)(=O)c3cccs3)cc2)c(OC)cc1Cl. The largest absolute Gasteiger partial charge is 0.495 e. The van der Waals surface area contributed by atoms with Gasteiger partial charge in [-0.1, -0.05) is 17.7 Å². The molecular formula is C20H19ClN2O5S2. The van der Waals surface area contributed by atoms with Crippen LogP contribution in [0.15, 0.2) is 58.1 Å². The summed E-state index contributed by atoms with van der Waals surface area (Å²) in [7, 11) is 0.760. The van der Waals surface area contributed by atoms with Gasteiger partial charge >= 0.3 is 0 Å². The van der Waals surface area contributed by atoms with Crippen molar-refractivity contribution in [1.82, 2.24) is 0 Å². The number of thiophene rings is 1. The molecule has 30 heavy (non-hydrogen) atoms. The number of hydrogen-bond donors (Lipinski definition) is 1. The van der Waals surface area contributed by atoms with Crippen LogP contribution < -0.4 is 19.1 Å². The molecule has 0 unspecified atom stereocenters. The topological polar surface area (TPSA) is 84.9 Å². The van der Waals surface area contributed by atoms with Crippen LogP contribution in [0.4, 0.5) is 11.4 Å². The Balaban J connectivity index is 1.81. The molecule has 3 rings (SSSR count). The van der Waals surface area contributed by atoms with E-state index >= 15 is 0 Å². The normalized spacial score (nSPS) is 11.1. The van der Waals surface area contributed by atoms with Gasteiger partial charge in [0, 0.05) is 24.7 Å². The van der Waals surface area contributed by atoms with Crippen molar-refractivity contribution in [2.75, 3.05) is 30.9 Å². The average Bonchev–Trinajstić information content (AvgIpc) is 3.30. The third-order valence-corrected chi connectivity index (χ3v) is 7.78. The smallest absolute Gasteiger partial charge is 0.273 e. The summed E-state index contributed by atoms with van der Waals surface area (Å²) >= 11 is 7.23. The fourth-order valence-corrected chi connectivity index (χ4v) is 5.25. The van der Waals surface area contributed by atoms with Crippen LogP contribution in [0, 0.1) is 0 Å². The summed E-state index contributed by atoms with van der Waals surface area (Å²) < 4.78 is 37.1. The Kier molecular flexibility index (Phi) is 6.55. The Morgan fingerprint density at radius 2 is 1.73 bits per heavy atom. The van der Waals surface area contributed by atoms with Crippen LogP contribution in [-0.4, -0.2) is 35.6 Å². The predicted molar refractivity (Wildman–Crippen MR) is 119 cm³/mol. The van der Waals surface area contributed by atoms with Crippen LogP contribution in [0.1, 0.15) is 10.4 Å². The first-order valence-corrected chi connectivity index (χ1v) is 11.3. The van der Waals surface area contributed by atoms with Crippen molar-refractivity contribution < 1.29 is 22.7 Å². The van der Waals surface area contributed by atoms with Crippen LogP contribution in [0.3, 0.4) is 0 Å². The molecule has 0 aliphatic carbocycles. The van der Waals surface area contributed by atoms with E-state index in [1.54, 1.807) is 53.9 Å². The maximum Gasteiger partial charge on any atom is 0.273 e. The number of amides is 1. The molecule has 1 heterocycles. The molecule has 2 aromatic carbocycles. The molecule has 1 amide bonds. The number of methoxy groups -OCH3 is 2. The number of sulfonamides is 1. The molecule has 0 saturated heterocycles. The van der Waals surface area contributed by atoms with Crippen LogP contribution in [0.2, 0.25) is 5.02 Å². The lowest BCUT2D eigenvalue weighted by Crippen LogP contribution is -2.25. The van der Waals surface area contributed by atoms with E-state index < -0.39 is 15.9 Å². The molecule has 10 heteroatoms. The maximum atomic E-state index is 12.7. The Bertz CT molecular complexity index is 1150. The number of nitrogens with one attached hydrogen (secondary N) is 1. The summed E-state index contributed by atoms with van der Waals surface area (Å²) in [6.45, 7) is 0. The molecule has 0 fully saturated rings. The zero-order valence-corrected chi connectivity index (χ0v) is 18.8. The van der Waals surface area contributed by atoms with Crippen molar-refractivity contribution in [3.63, 3.8) is 0 Å². The van der Waals surface area contributed by atoms with Gasteiger partial charge in [0.25, 0.3) is 15.9 Å². The summed E-state index contributed by atoms with van der Waals surface area (Å²) in [6.07, 6.45) is 0. The van der Waals surface area contributed by atoms with Crippen LogP contribution in [-0.2, 0) is 10.0 Å². The predicted octanol–water partition coefficient (Wildman–Crippen LogP) is 4.50. The minimum absolute atomic E-state index is 0.246. The molecule has 0 spiro atoms. The molecule has 0 atom stereocenters. The lowest BCUT2D eigenvalue weighted by Gasteiger charge is -2.18. The molecule has 7 nitrogen and oxygen atoms in total. The number of hydrogen-bond acceptors (Lipinski definition) is 6. The van der Waals surface area contributed by atoms with E-state index in [-0.39, 0.29) is 4.21 Å². The van der Waals surface area contributed by atoms with Gasteiger partial charge < -0.3 is 14.8 Å². The average molecular weight is 467 g/mol. The number of benzene rings is 2. The number of carbonyl (C=O) groups excluding carboxylic acids is 1. The van der Waals surface area contributed by atoms with Gasteiger partial charge in [0.1, 0.15) is 15.7 Å². The fraction of sp³-hybridized carbons (Fsp3) is 0.150. The van der Waals surface area contributed by atoms with E-state index in [4.69, 9.17) is 21.1 Å². The van der Waals surface area contributed by atoms with Crippen molar-refractivity contribution >= 4 is 50.2 Å². The second-order valence-electron chi connectivity index (χ2n) is 6.09. The molecule has 0 bridgehead atoms. The second kappa shape index (κ2) is 8.95. The zero-order valence-electron chi connectivity index (χ0n) is 16.4. The Labute approximate surface area is 183 Å². The zero-order chi connectivity index (χ0) is 21.9. The number of anilines is 2. The van der Waals surface area contributed by atoms with Crippen molar-refractivity contribution in [3.8, 4) is 11.5 Å². The van der Waals surface area contributed by atoms with Crippen molar-refractivity contribution in [1.29, 1.82) is 0 Å². The summed E-state index contributed by atoms with van der Waals surface area (Å²) in [5, 5.41) is 4.80. The van der Waals surface area contributed by atoms with E-state index in [1.807, 2.05) is 0 Å². The summed E-state index contributed by atoms with van der Waals surface area (Å²) in [4.78, 5) is 12.7. The number of nitrogens with zero attached hydrogens (tertiary/aromatic N) is 1. The summed E-state index contributed by atoms with van der Waals surface area (Å²) in [6, 6.07) is 12.6. The highest BCUT2D eigenvalue weighted by Gasteiger charge is 2.22. The van der Waals surface area contributed by atoms with Crippen LogP contribution in [0.25, 0.3) is 0 Å². The van der Waals surface area contributed by atoms with Gasteiger partial charge in [-0.25, -0.2) is 8.42 Å². The highest BCUT2D eigenvalue weighted by atomic mass is 35.5. The van der Waals surface area contributed by atoms with Crippen molar-refractivity contribution in [2.24, 2.45) is 0 Å². The molecule has 1 aromatic heterocycles. The standard InChI is InChI=1S/C20H19ClN2O5S2/c1-23(30(25,26)19-5-4-10-29-19)14-8-6-13(7-9-14)20(24)22-16-12-17(27-2)15(21)11-18(16)28-3/h4-12H,1-3H3,(H,22,24). The van der Waals surface area contributed by atoms with E-state index in [1.165, 1.54) is 25.6 Å².